The summed E-state index contributed by atoms with van der Waals surface area (Å²) in [5.41, 5.74) is 0.413. The number of nitrogens with zero attached hydrogens (tertiary/aromatic N) is 1. The first-order chi connectivity index (χ1) is 11.4. The fourth-order valence-corrected chi connectivity index (χ4v) is 3.13. The van der Waals surface area contributed by atoms with E-state index >= 15 is 0 Å². The topological polar surface area (TPSA) is 77.0 Å². The van der Waals surface area contributed by atoms with Gasteiger partial charge in [-0.05, 0) is 24.3 Å². The predicted molar refractivity (Wildman–Crippen MR) is 93.9 cm³/mol. The molecule has 2 rings (SSSR count). The van der Waals surface area contributed by atoms with E-state index in [2.05, 4.69) is 9.93 Å². The van der Waals surface area contributed by atoms with Gasteiger partial charge in [-0.15, -0.1) is 0 Å². The van der Waals surface area contributed by atoms with Crippen LogP contribution in [-0.4, -0.2) is 28.9 Å². The zero-order valence-electron chi connectivity index (χ0n) is 12.8. The van der Waals surface area contributed by atoms with Crippen molar-refractivity contribution >= 4 is 39.4 Å². The molecule has 0 saturated heterocycles. The number of hydrogen-bond donors (Lipinski definition) is 1. The number of ether oxygens (including phenoxy) is 2. The van der Waals surface area contributed by atoms with Crippen LogP contribution in [0.4, 0.5) is 0 Å². The summed E-state index contributed by atoms with van der Waals surface area (Å²) >= 11 is 12.0. The third kappa shape index (κ3) is 4.11. The summed E-state index contributed by atoms with van der Waals surface area (Å²) in [7, 11) is -1.01. The van der Waals surface area contributed by atoms with E-state index in [0.29, 0.717) is 27.1 Å². The van der Waals surface area contributed by atoms with Crippen molar-refractivity contribution < 1.29 is 17.9 Å². The highest BCUT2D eigenvalue weighted by molar-refractivity contribution is 7.89. The number of benzene rings is 2. The summed E-state index contributed by atoms with van der Waals surface area (Å²) in [6.45, 7) is 0. The quantitative estimate of drug-likeness (QED) is 0.608. The number of rotatable bonds is 6. The Hall–Kier alpha value is -1.96. The van der Waals surface area contributed by atoms with Gasteiger partial charge < -0.3 is 9.47 Å². The zero-order chi connectivity index (χ0) is 17.7. The van der Waals surface area contributed by atoms with Crippen LogP contribution in [0.15, 0.2) is 46.4 Å². The van der Waals surface area contributed by atoms with E-state index in [1.807, 2.05) is 0 Å². The molecule has 0 aliphatic rings. The lowest BCUT2D eigenvalue weighted by Crippen LogP contribution is -2.18. The SMILES string of the molecule is COc1ccc(S(=O)(=O)N/N=C/c2c(Cl)cccc2Cl)cc1OC. The lowest BCUT2D eigenvalue weighted by Gasteiger charge is -2.09. The summed E-state index contributed by atoms with van der Waals surface area (Å²) in [6.07, 6.45) is 1.24. The maximum Gasteiger partial charge on any atom is 0.276 e. The molecule has 2 aromatic carbocycles. The summed E-state index contributed by atoms with van der Waals surface area (Å²) in [5.74, 6) is 0.710. The van der Waals surface area contributed by atoms with Crippen LogP contribution in [0.25, 0.3) is 0 Å². The minimum Gasteiger partial charge on any atom is -0.493 e. The highest BCUT2D eigenvalue weighted by Gasteiger charge is 2.16. The van der Waals surface area contributed by atoms with E-state index in [0.717, 1.165) is 0 Å². The average Bonchev–Trinajstić information content (AvgIpc) is 2.56. The van der Waals surface area contributed by atoms with E-state index in [-0.39, 0.29) is 4.90 Å². The number of hydrogen-bond acceptors (Lipinski definition) is 5. The van der Waals surface area contributed by atoms with Crippen LogP contribution in [-0.2, 0) is 10.0 Å². The molecule has 0 atom stereocenters. The fraction of sp³-hybridized carbons (Fsp3) is 0.133. The first-order valence-electron chi connectivity index (χ1n) is 6.60. The molecule has 0 aliphatic carbocycles. The van der Waals surface area contributed by atoms with Gasteiger partial charge in [-0.3, -0.25) is 0 Å². The molecule has 24 heavy (non-hydrogen) atoms. The third-order valence-electron chi connectivity index (χ3n) is 3.03. The van der Waals surface area contributed by atoms with Crippen LogP contribution >= 0.6 is 23.2 Å². The van der Waals surface area contributed by atoms with Gasteiger partial charge in [0.05, 0.1) is 35.4 Å². The zero-order valence-corrected chi connectivity index (χ0v) is 15.1. The Bertz CT molecular complexity index is 850. The Balaban J connectivity index is 2.24. The Morgan fingerprint density at radius 2 is 1.67 bits per heavy atom. The molecule has 0 aromatic heterocycles. The second kappa shape index (κ2) is 7.74. The molecule has 0 unspecified atom stereocenters. The first kappa shape index (κ1) is 18.4. The summed E-state index contributed by atoms with van der Waals surface area (Å²) in [5, 5.41) is 4.42. The molecule has 1 N–H and O–H groups in total. The monoisotopic (exact) mass is 388 g/mol. The van der Waals surface area contributed by atoms with Crippen LogP contribution < -0.4 is 14.3 Å². The van der Waals surface area contributed by atoms with Crippen LogP contribution in [0.2, 0.25) is 10.0 Å². The normalized spacial score (nSPS) is 11.5. The largest absolute Gasteiger partial charge is 0.493 e. The van der Waals surface area contributed by atoms with Crippen LogP contribution in [0.3, 0.4) is 0 Å². The van der Waals surface area contributed by atoms with E-state index in [4.69, 9.17) is 32.7 Å². The molecule has 0 amide bonds. The molecule has 0 heterocycles. The molecule has 0 radical (unpaired) electrons. The summed E-state index contributed by atoms with van der Waals surface area (Å²) < 4.78 is 34.7. The molecule has 0 saturated carbocycles. The minimum absolute atomic E-state index is 0.0254. The van der Waals surface area contributed by atoms with Crippen molar-refractivity contribution in [2.45, 2.75) is 4.90 Å². The molecule has 2 aromatic rings. The lowest BCUT2D eigenvalue weighted by atomic mass is 10.2. The fourth-order valence-electron chi connectivity index (χ4n) is 1.83. The maximum absolute atomic E-state index is 12.3. The van der Waals surface area contributed by atoms with Crippen LogP contribution in [0.5, 0.6) is 11.5 Å². The minimum atomic E-state index is -3.88. The molecule has 0 spiro atoms. The number of methoxy groups -OCH3 is 2. The molecule has 0 aliphatic heterocycles. The highest BCUT2D eigenvalue weighted by atomic mass is 35.5. The second-order valence-corrected chi connectivity index (χ2v) is 6.98. The van der Waals surface area contributed by atoms with Crippen molar-refractivity contribution in [3.63, 3.8) is 0 Å². The van der Waals surface area contributed by atoms with E-state index < -0.39 is 10.0 Å². The van der Waals surface area contributed by atoms with Crippen molar-refractivity contribution in [3.8, 4) is 11.5 Å². The highest BCUT2D eigenvalue weighted by Crippen LogP contribution is 2.29. The third-order valence-corrected chi connectivity index (χ3v) is 4.91. The average molecular weight is 389 g/mol. The maximum atomic E-state index is 12.3. The van der Waals surface area contributed by atoms with Crippen molar-refractivity contribution in [3.05, 3.63) is 52.0 Å². The van der Waals surface area contributed by atoms with Crippen LogP contribution in [0.1, 0.15) is 5.56 Å². The number of hydrazone groups is 1. The van der Waals surface area contributed by atoms with Gasteiger partial charge in [0.25, 0.3) is 10.0 Å². The van der Waals surface area contributed by atoms with Gasteiger partial charge in [-0.1, -0.05) is 29.3 Å². The molecule has 0 fully saturated rings. The molecule has 6 nitrogen and oxygen atoms in total. The molecule has 9 heteroatoms. The van der Waals surface area contributed by atoms with E-state index in [1.54, 1.807) is 18.2 Å². The summed E-state index contributed by atoms with van der Waals surface area (Å²) in [4.78, 5) is 2.07. The molecule has 128 valence electrons. The van der Waals surface area contributed by atoms with Gasteiger partial charge in [0.2, 0.25) is 0 Å². The number of halogens is 2. The Kier molecular flexibility index (Phi) is 5.93. The van der Waals surface area contributed by atoms with Gasteiger partial charge in [0.15, 0.2) is 11.5 Å². The Morgan fingerprint density at radius 1 is 1.04 bits per heavy atom. The van der Waals surface area contributed by atoms with Gasteiger partial charge in [0.1, 0.15) is 0 Å². The van der Waals surface area contributed by atoms with Crippen molar-refractivity contribution in [1.82, 2.24) is 4.83 Å². The van der Waals surface area contributed by atoms with Crippen molar-refractivity contribution in [1.29, 1.82) is 0 Å². The predicted octanol–water partition coefficient (Wildman–Crippen LogP) is 3.32. The first-order valence-corrected chi connectivity index (χ1v) is 8.84. The van der Waals surface area contributed by atoms with Crippen molar-refractivity contribution in [2.75, 3.05) is 14.2 Å². The molecular formula is C15H14Cl2N2O4S. The summed E-state index contributed by atoms with van der Waals surface area (Å²) in [6, 6.07) is 9.12. The second-order valence-electron chi connectivity index (χ2n) is 4.51. The van der Waals surface area contributed by atoms with Gasteiger partial charge in [-0.2, -0.15) is 13.5 Å². The number of nitrogens with one attached hydrogen (secondary N) is 1. The molecule has 0 bridgehead atoms. The van der Waals surface area contributed by atoms with Crippen molar-refractivity contribution in [2.24, 2.45) is 5.10 Å². The Labute approximate surface area is 150 Å². The van der Waals surface area contributed by atoms with E-state index in [1.165, 1.54) is 38.6 Å². The lowest BCUT2D eigenvalue weighted by molar-refractivity contribution is 0.354. The van der Waals surface area contributed by atoms with Gasteiger partial charge in [0, 0.05) is 11.6 Å². The van der Waals surface area contributed by atoms with E-state index in [9.17, 15) is 8.42 Å². The number of sulfonamides is 1. The standard InChI is InChI=1S/C15H14Cl2N2O4S/c1-22-14-7-6-10(8-15(14)23-2)24(20,21)19-18-9-11-12(16)4-3-5-13(11)17/h3-9,19H,1-2H3/b18-9+. The van der Waals surface area contributed by atoms with Gasteiger partial charge in [-0.25, -0.2) is 4.83 Å². The smallest absolute Gasteiger partial charge is 0.276 e. The Morgan fingerprint density at radius 3 is 2.25 bits per heavy atom. The molecular weight excluding hydrogens is 375 g/mol. The van der Waals surface area contributed by atoms with Gasteiger partial charge >= 0.3 is 0 Å². The van der Waals surface area contributed by atoms with Crippen LogP contribution in [0, 0.1) is 0 Å².